The van der Waals surface area contributed by atoms with Crippen molar-refractivity contribution >= 4 is 28.6 Å². The monoisotopic (exact) mass is 290 g/mol. The number of anilines is 1. The Morgan fingerprint density at radius 3 is 2.95 bits per heavy atom. The van der Waals surface area contributed by atoms with E-state index in [0.29, 0.717) is 22.3 Å². The number of rotatable bonds is 2. The minimum absolute atomic E-state index is 0.0561. The molecule has 0 saturated carbocycles. The molecule has 2 heterocycles. The summed E-state index contributed by atoms with van der Waals surface area (Å²) in [5.41, 5.74) is 0.935. The molecular weight excluding hydrogens is 276 g/mol. The third-order valence-electron chi connectivity index (χ3n) is 3.19. The van der Waals surface area contributed by atoms with Crippen LogP contribution in [0.5, 0.6) is 5.75 Å². The number of ether oxygens (including phenoxy) is 1. The Hall–Kier alpha value is -2.77. The van der Waals surface area contributed by atoms with Crippen LogP contribution in [0.3, 0.4) is 0 Å². The number of hydrogen-bond donors (Lipinski definition) is 2. The molecule has 2 N–H and O–H groups in total. The van der Waals surface area contributed by atoms with Gasteiger partial charge in [-0.2, -0.15) is 14.9 Å². The van der Waals surface area contributed by atoms with E-state index in [-0.39, 0.29) is 18.6 Å². The number of hydrogen-bond acceptors (Lipinski definition) is 4. The summed E-state index contributed by atoms with van der Waals surface area (Å²) >= 11 is 0. The first-order valence-corrected chi connectivity index (χ1v) is 6.45. The van der Waals surface area contributed by atoms with Crippen molar-refractivity contribution in [3.05, 3.63) is 18.3 Å². The van der Waals surface area contributed by atoms with Crippen LogP contribution in [0.25, 0.3) is 10.9 Å². The van der Waals surface area contributed by atoms with Crippen molar-refractivity contribution in [2.45, 2.75) is 19.9 Å². The number of benzene rings is 1. The molecule has 21 heavy (non-hydrogen) atoms. The molecule has 0 fully saturated rings. The molecule has 1 aliphatic rings. The van der Waals surface area contributed by atoms with Gasteiger partial charge in [-0.1, -0.05) is 0 Å². The van der Waals surface area contributed by atoms with Crippen molar-refractivity contribution in [2.24, 2.45) is 0 Å². The predicted molar refractivity (Wildman–Crippen MR) is 75.2 cm³/mol. The fourth-order valence-corrected chi connectivity index (χ4v) is 2.33. The number of fused-ring (bicyclic) bond motifs is 3. The highest BCUT2D eigenvalue weighted by Crippen LogP contribution is 2.35. The third kappa shape index (κ3) is 2.04. The van der Waals surface area contributed by atoms with Gasteiger partial charge in [0.05, 0.1) is 12.2 Å². The number of aromatic nitrogens is 2. The van der Waals surface area contributed by atoms with Gasteiger partial charge in [0.25, 0.3) is 5.91 Å². The minimum atomic E-state index is -1.13. The highest BCUT2D eigenvalue weighted by Gasteiger charge is 2.26. The van der Waals surface area contributed by atoms with Crippen molar-refractivity contribution in [2.75, 3.05) is 16.9 Å². The highest BCUT2D eigenvalue weighted by atomic mass is 16.5. The Morgan fingerprint density at radius 1 is 1.52 bits per heavy atom. The van der Waals surface area contributed by atoms with E-state index in [1.54, 1.807) is 32.2 Å². The van der Waals surface area contributed by atoms with Gasteiger partial charge in [0, 0.05) is 5.39 Å². The Morgan fingerprint density at radius 2 is 2.29 bits per heavy atom. The second-order valence-corrected chi connectivity index (χ2v) is 4.97. The molecule has 0 bridgehead atoms. The van der Waals surface area contributed by atoms with Crippen LogP contribution in [0.2, 0.25) is 0 Å². The minimum Gasteiger partial charge on any atom is -0.481 e. The van der Waals surface area contributed by atoms with Gasteiger partial charge in [-0.05, 0) is 26.0 Å². The van der Waals surface area contributed by atoms with Crippen molar-refractivity contribution < 1.29 is 19.4 Å². The average Bonchev–Trinajstić information content (AvgIpc) is 2.82. The fraction of sp³-hybridized carbons (Fsp3) is 0.308. The van der Waals surface area contributed by atoms with Crippen LogP contribution in [-0.4, -0.2) is 39.6 Å². The number of nitrogens with zero attached hydrogens (tertiary/aromatic N) is 3. The van der Waals surface area contributed by atoms with Crippen LogP contribution in [0.1, 0.15) is 13.8 Å². The smallest absolute Gasteiger partial charge is 0.428 e. The highest BCUT2D eigenvalue weighted by molar-refractivity contribution is 6.05. The standard InChI is InChI=1S/C13H14N4O4/c1-7(2)16(13(19)20)17-12-8(5-14-17)3-4-9-11(12)15-10(18)6-21-9/h3-5,7H,6H2,1-2H3,(H,15,18)(H,19,20). The second kappa shape index (κ2) is 4.65. The van der Waals surface area contributed by atoms with Gasteiger partial charge in [-0.15, -0.1) is 0 Å². The lowest BCUT2D eigenvalue weighted by Gasteiger charge is -2.25. The summed E-state index contributed by atoms with van der Waals surface area (Å²) in [5.74, 6) is 0.215. The number of carbonyl (C=O) groups excluding carboxylic acids is 1. The summed E-state index contributed by atoms with van der Waals surface area (Å²) in [7, 11) is 0. The fourth-order valence-electron chi connectivity index (χ4n) is 2.33. The van der Waals surface area contributed by atoms with Crippen LogP contribution in [0.4, 0.5) is 10.5 Å². The number of amides is 2. The molecule has 2 amide bonds. The average molecular weight is 290 g/mol. The molecule has 8 nitrogen and oxygen atoms in total. The van der Waals surface area contributed by atoms with E-state index in [2.05, 4.69) is 10.4 Å². The third-order valence-corrected chi connectivity index (χ3v) is 3.19. The summed E-state index contributed by atoms with van der Waals surface area (Å²) in [6.07, 6.45) is 0.421. The lowest BCUT2D eigenvalue weighted by molar-refractivity contribution is -0.118. The van der Waals surface area contributed by atoms with E-state index in [1.165, 1.54) is 4.79 Å². The summed E-state index contributed by atoms with van der Waals surface area (Å²) in [4.78, 5) is 24.3. The van der Waals surface area contributed by atoms with Crippen LogP contribution >= 0.6 is 0 Å². The number of carboxylic acid groups (broad SMARTS) is 1. The maximum absolute atomic E-state index is 11.5. The molecule has 1 aromatic heterocycles. The summed E-state index contributed by atoms with van der Waals surface area (Å²) in [5, 5.41) is 18.0. The molecule has 0 spiro atoms. The zero-order valence-electron chi connectivity index (χ0n) is 11.5. The van der Waals surface area contributed by atoms with E-state index in [0.717, 1.165) is 5.01 Å². The van der Waals surface area contributed by atoms with Gasteiger partial charge in [-0.3, -0.25) is 4.79 Å². The molecule has 0 aliphatic carbocycles. The van der Waals surface area contributed by atoms with Crippen molar-refractivity contribution in [3.8, 4) is 5.75 Å². The molecule has 3 rings (SSSR count). The van der Waals surface area contributed by atoms with Gasteiger partial charge in [-0.25, -0.2) is 4.79 Å². The van der Waals surface area contributed by atoms with Crippen molar-refractivity contribution in [3.63, 3.8) is 0 Å². The van der Waals surface area contributed by atoms with Gasteiger partial charge in [0.2, 0.25) is 0 Å². The van der Waals surface area contributed by atoms with E-state index in [4.69, 9.17) is 4.74 Å². The van der Waals surface area contributed by atoms with Crippen molar-refractivity contribution in [1.82, 2.24) is 9.89 Å². The normalized spacial score (nSPS) is 13.8. The molecule has 1 aliphatic heterocycles. The van der Waals surface area contributed by atoms with Gasteiger partial charge in [0.1, 0.15) is 17.0 Å². The largest absolute Gasteiger partial charge is 0.481 e. The van der Waals surface area contributed by atoms with Crippen LogP contribution in [0.15, 0.2) is 18.3 Å². The Kier molecular flexibility index (Phi) is 2.93. The van der Waals surface area contributed by atoms with Gasteiger partial charge < -0.3 is 15.2 Å². The van der Waals surface area contributed by atoms with Gasteiger partial charge >= 0.3 is 6.09 Å². The zero-order valence-corrected chi connectivity index (χ0v) is 11.5. The van der Waals surface area contributed by atoms with E-state index in [9.17, 15) is 14.7 Å². The van der Waals surface area contributed by atoms with Crippen LogP contribution in [0, 0.1) is 0 Å². The van der Waals surface area contributed by atoms with E-state index >= 15 is 0 Å². The molecule has 1 aromatic carbocycles. The molecular formula is C13H14N4O4. The quantitative estimate of drug-likeness (QED) is 0.871. The van der Waals surface area contributed by atoms with Crippen molar-refractivity contribution in [1.29, 1.82) is 0 Å². The Balaban J connectivity index is 2.25. The molecule has 8 heteroatoms. The lowest BCUT2D eigenvalue weighted by Crippen LogP contribution is -2.45. The topological polar surface area (TPSA) is 96.7 Å². The molecule has 0 unspecified atom stereocenters. The van der Waals surface area contributed by atoms with Gasteiger partial charge in [0.15, 0.2) is 6.61 Å². The summed E-state index contributed by atoms with van der Waals surface area (Å²) < 4.78 is 5.35. The number of nitrogens with one attached hydrogen (secondary N) is 1. The Bertz CT molecular complexity index is 737. The molecule has 0 radical (unpaired) electrons. The first-order chi connectivity index (χ1) is 9.99. The molecule has 2 aromatic rings. The maximum Gasteiger partial charge on any atom is 0.428 e. The molecule has 0 atom stereocenters. The SMILES string of the molecule is CC(C)N(C(=O)O)n1ncc2ccc3c(c21)NC(=O)CO3. The lowest BCUT2D eigenvalue weighted by atomic mass is 10.2. The summed E-state index contributed by atoms with van der Waals surface area (Å²) in [6.45, 7) is 3.43. The Labute approximate surface area is 119 Å². The second-order valence-electron chi connectivity index (χ2n) is 4.97. The van der Waals surface area contributed by atoms with Crippen LogP contribution < -0.4 is 15.1 Å². The molecule has 110 valence electrons. The van der Waals surface area contributed by atoms with E-state index in [1.807, 2.05) is 0 Å². The maximum atomic E-state index is 11.5. The summed E-state index contributed by atoms with van der Waals surface area (Å²) in [6, 6.07) is 3.18. The zero-order chi connectivity index (χ0) is 15.1. The first kappa shape index (κ1) is 13.2. The molecule has 0 saturated heterocycles. The predicted octanol–water partition coefficient (Wildman–Crippen LogP) is 1.39. The van der Waals surface area contributed by atoms with E-state index < -0.39 is 6.09 Å². The van der Waals surface area contributed by atoms with Crippen LogP contribution in [-0.2, 0) is 4.79 Å². The number of carbonyl (C=O) groups is 2. The first-order valence-electron chi connectivity index (χ1n) is 6.45.